The number of aryl methyl sites for hydroxylation is 3. The molecular weight excluding hydrogens is 763 g/mol. The van der Waals surface area contributed by atoms with Crippen molar-refractivity contribution in [3.8, 4) is 5.69 Å². The van der Waals surface area contributed by atoms with E-state index in [-0.39, 0.29) is 5.41 Å². The first-order chi connectivity index (χ1) is 31.2. The van der Waals surface area contributed by atoms with Crippen LogP contribution < -0.4 is 9.80 Å². The summed E-state index contributed by atoms with van der Waals surface area (Å²) in [5, 5.41) is 2.60. The largest absolute Gasteiger partial charge is 0.310 e. The zero-order chi connectivity index (χ0) is 41.9. The molecule has 1 spiro atoms. The Bertz CT molecular complexity index is 3060. The average Bonchev–Trinajstić information content (AvgIpc) is 4.03. The zero-order valence-electron chi connectivity index (χ0n) is 36.2. The Morgan fingerprint density at radius 2 is 1.02 bits per heavy atom. The molecule has 63 heavy (non-hydrogen) atoms. The fourth-order valence-electron chi connectivity index (χ4n) is 12.1. The van der Waals surface area contributed by atoms with E-state index in [4.69, 9.17) is 0 Å². The topological polar surface area (TPSA) is 11.4 Å². The van der Waals surface area contributed by atoms with Crippen LogP contribution in [0.5, 0.6) is 0 Å². The van der Waals surface area contributed by atoms with Crippen molar-refractivity contribution in [3.05, 3.63) is 221 Å². The summed E-state index contributed by atoms with van der Waals surface area (Å²) in [6, 6.07) is 70.8. The third-order valence-electron chi connectivity index (χ3n) is 14.8. The molecule has 12 rings (SSSR count). The lowest BCUT2D eigenvalue weighted by Gasteiger charge is -2.37. The summed E-state index contributed by atoms with van der Waals surface area (Å²) < 4.78 is 2.45. The molecule has 9 aromatic rings. The predicted molar refractivity (Wildman–Crippen MR) is 265 cm³/mol. The van der Waals surface area contributed by atoms with Crippen LogP contribution in [0.4, 0.5) is 34.1 Å². The number of para-hydroxylation sites is 3. The van der Waals surface area contributed by atoms with Gasteiger partial charge in [0, 0.05) is 44.6 Å². The summed E-state index contributed by atoms with van der Waals surface area (Å²) in [4.78, 5) is 5.12. The number of anilines is 6. The van der Waals surface area contributed by atoms with Crippen LogP contribution in [-0.2, 0) is 18.3 Å². The Morgan fingerprint density at radius 1 is 0.476 bits per heavy atom. The highest BCUT2D eigenvalue weighted by Crippen LogP contribution is 2.60. The van der Waals surface area contributed by atoms with Crippen molar-refractivity contribution < 1.29 is 0 Å². The third kappa shape index (κ3) is 6.23. The molecule has 8 aromatic carbocycles. The summed E-state index contributed by atoms with van der Waals surface area (Å²) in [7, 11) is 0. The second kappa shape index (κ2) is 15.5. The molecular formula is C60H53N3. The molecule has 0 bridgehead atoms. The van der Waals surface area contributed by atoms with Gasteiger partial charge < -0.3 is 14.4 Å². The van der Waals surface area contributed by atoms with Crippen LogP contribution >= 0.6 is 0 Å². The Morgan fingerprint density at radius 3 is 1.63 bits per heavy atom. The van der Waals surface area contributed by atoms with Crippen molar-refractivity contribution in [2.75, 3.05) is 9.80 Å². The monoisotopic (exact) mass is 815 g/mol. The van der Waals surface area contributed by atoms with Gasteiger partial charge in [-0.2, -0.15) is 0 Å². The van der Waals surface area contributed by atoms with E-state index in [0.717, 1.165) is 25.7 Å². The molecule has 1 aromatic heterocycles. The van der Waals surface area contributed by atoms with Gasteiger partial charge in [0.15, 0.2) is 0 Å². The minimum atomic E-state index is -0.149. The van der Waals surface area contributed by atoms with Gasteiger partial charge in [-0.25, -0.2) is 0 Å². The molecule has 0 saturated heterocycles. The number of nitrogens with zero attached hydrogens (tertiary/aromatic N) is 3. The molecule has 3 aliphatic carbocycles. The number of hydrogen-bond donors (Lipinski definition) is 0. The first-order valence-electron chi connectivity index (χ1n) is 23.3. The minimum absolute atomic E-state index is 0.149. The average molecular weight is 816 g/mol. The van der Waals surface area contributed by atoms with Gasteiger partial charge in [0.05, 0.1) is 22.4 Å². The van der Waals surface area contributed by atoms with Crippen LogP contribution in [0.1, 0.15) is 84.2 Å². The molecule has 0 N–H and O–H groups in total. The van der Waals surface area contributed by atoms with E-state index in [9.17, 15) is 0 Å². The summed E-state index contributed by atoms with van der Waals surface area (Å²) >= 11 is 0. The lowest BCUT2D eigenvalue weighted by Crippen LogP contribution is -2.27. The van der Waals surface area contributed by atoms with E-state index in [0.29, 0.717) is 5.92 Å². The van der Waals surface area contributed by atoms with Crippen molar-refractivity contribution >= 4 is 55.9 Å². The summed E-state index contributed by atoms with van der Waals surface area (Å²) in [6.45, 7) is 2.27. The highest BCUT2D eigenvalue weighted by Gasteiger charge is 2.49. The number of hydrogen-bond acceptors (Lipinski definition) is 2. The van der Waals surface area contributed by atoms with E-state index < -0.39 is 0 Å². The first-order valence-corrected chi connectivity index (χ1v) is 23.3. The Labute approximate surface area is 371 Å². The van der Waals surface area contributed by atoms with Gasteiger partial charge in [0.25, 0.3) is 0 Å². The van der Waals surface area contributed by atoms with Crippen LogP contribution in [0, 0.1) is 6.92 Å². The van der Waals surface area contributed by atoms with Crippen molar-refractivity contribution in [2.24, 2.45) is 0 Å². The molecule has 0 unspecified atom stereocenters. The van der Waals surface area contributed by atoms with Gasteiger partial charge in [0.2, 0.25) is 0 Å². The summed E-state index contributed by atoms with van der Waals surface area (Å²) in [5.41, 5.74) is 19.6. The van der Waals surface area contributed by atoms with Crippen LogP contribution in [-0.4, -0.2) is 4.57 Å². The molecule has 0 radical (unpaired) electrons. The van der Waals surface area contributed by atoms with Crippen molar-refractivity contribution in [1.29, 1.82) is 0 Å². The number of benzene rings is 8. The molecule has 1 fully saturated rings. The first kappa shape index (κ1) is 37.9. The second-order valence-electron chi connectivity index (χ2n) is 18.3. The summed E-state index contributed by atoms with van der Waals surface area (Å²) in [5.74, 6) is 0.652. The molecule has 0 aliphatic heterocycles. The van der Waals surface area contributed by atoms with Crippen LogP contribution in [0.15, 0.2) is 188 Å². The Hall–Kier alpha value is -6.84. The van der Waals surface area contributed by atoms with Crippen LogP contribution in [0.3, 0.4) is 0 Å². The number of aromatic nitrogens is 1. The van der Waals surface area contributed by atoms with E-state index in [1.807, 2.05) is 0 Å². The predicted octanol–water partition coefficient (Wildman–Crippen LogP) is 16.3. The third-order valence-corrected chi connectivity index (χ3v) is 14.8. The molecule has 1 heterocycles. The zero-order valence-corrected chi connectivity index (χ0v) is 36.2. The van der Waals surface area contributed by atoms with Crippen LogP contribution in [0.2, 0.25) is 0 Å². The molecule has 0 amide bonds. The second-order valence-corrected chi connectivity index (χ2v) is 18.3. The molecule has 3 nitrogen and oxygen atoms in total. The fraction of sp³-hybridized carbons (Fsp3) is 0.200. The molecule has 3 aliphatic rings. The SMILES string of the molecule is Cc1cccc2c1c1cc(N(c3ccc(C4CCCCC4)cc3)c3cccc4c3[C@]3(CCc5cccc(N(c6ccccc6)c6ccccc6)c53)CC4)ccc1n2-c1ccccc1. The molecule has 1 atom stereocenters. The van der Waals surface area contributed by atoms with Gasteiger partial charge in [-0.15, -0.1) is 0 Å². The standard InChI is InChI=1S/C60H53N3/c1-42-17-14-28-54-57(42)52-41-51(35-36-53(52)63(54)49-26-12-5-13-27-49)62(50-33-31-44(32-34-50)43-18-6-2-7-19-43)56-30-16-21-46-38-40-60(59(46)56)39-37-45-20-15-29-55(58(45)60)61(47-22-8-3-9-23-47)48-24-10-4-11-25-48/h3-5,8-17,20-36,41,43H,2,6-7,18-19,37-40H2,1H3/t60-/m1/s1. The molecule has 3 heteroatoms. The number of fused-ring (bicyclic) bond motifs is 7. The van der Waals surface area contributed by atoms with Gasteiger partial charge in [-0.05, 0) is 170 Å². The normalized spacial score (nSPS) is 17.0. The van der Waals surface area contributed by atoms with Crippen molar-refractivity contribution in [3.63, 3.8) is 0 Å². The highest BCUT2D eigenvalue weighted by atomic mass is 15.2. The lowest BCUT2D eigenvalue weighted by atomic mass is 9.74. The van der Waals surface area contributed by atoms with E-state index in [1.54, 1.807) is 0 Å². The molecule has 1 saturated carbocycles. The lowest BCUT2D eigenvalue weighted by molar-refractivity contribution is 0.443. The fourth-order valence-corrected chi connectivity index (χ4v) is 12.1. The smallest absolute Gasteiger partial charge is 0.0543 e. The maximum atomic E-state index is 2.62. The van der Waals surface area contributed by atoms with Gasteiger partial charge in [-0.1, -0.05) is 122 Å². The van der Waals surface area contributed by atoms with E-state index >= 15 is 0 Å². The van der Waals surface area contributed by atoms with Crippen molar-refractivity contribution in [1.82, 2.24) is 4.57 Å². The highest BCUT2D eigenvalue weighted by molar-refractivity contribution is 6.12. The van der Waals surface area contributed by atoms with Gasteiger partial charge in [-0.3, -0.25) is 0 Å². The number of rotatable bonds is 8. The van der Waals surface area contributed by atoms with Crippen molar-refractivity contribution in [2.45, 2.75) is 76.0 Å². The summed E-state index contributed by atoms with van der Waals surface area (Å²) in [6.07, 6.45) is 10.9. The van der Waals surface area contributed by atoms with Crippen LogP contribution in [0.25, 0.3) is 27.5 Å². The van der Waals surface area contributed by atoms with E-state index in [1.165, 1.54) is 127 Å². The maximum absolute atomic E-state index is 2.62. The van der Waals surface area contributed by atoms with E-state index in [2.05, 4.69) is 209 Å². The minimum Gasteiger partial charge on any atom is -0.310 e. The quantitative estimate of drug-likeness (QED) is 0.151. The Balaban J connectivity index is 1.08. The molecule has 308 valence electrons. The van der Waals surface area contributed by atoms with Gasteiger partial charge >= 0.3 is 0 Å². The maximum Gasteiger partial charge on any atom is 0.0543 e. The van der Waals surface area contributed by atoms with Gasteiger partial charge in [0.1, 0.15) is 0 Å². The Kier molecular flexibility index (Phi) is 9.32.